The smallest absolute Gasteiger partial charge is 0.255 e. The van der Waals surface area contributed by atoms with Crippen molar-refractivity contribution in [3.05, 3.63) is 102 Å². The maximum Gasteiger partial charge on any atom is 0.255 e. The SMILES string of the molecule is COc1ccc(NC(=O)c2ccc(N3CCN(C(C)c4ccc(-c5cncc(O)c5)cc4F)CC3)cc2)cc1. The van der Waals surface area contributed by atoms with Gasteiger partial charge < -0.3 is 20.1 Å². The number of nitrogens with zero attached hydrogens (tertiary/aromatic N) is 3. The Morgan fingerprint density at radius 3 is 2.31 bits per heavy atom. The lowest BCUT2D eigenvalue weighted by Gasteiger charge is -2.39. The molecule has 200 valence electrons. The van der Waals surface area contributed by atoms with Crippen LogP contribution in [0.3, 0.4) is 0 Å². The van der Waals surface area contributed by atoms with E-state index >= 15 is 4.39 Å². The Morgan fingerprint density at radius 2 is 1.67 bits per heavy atom. The second-order valence-corrected chi connectivity index (χ2v) is 9.60. The minimum absolute atomic E-state index is 0.0506. The predicted molar refractivity (Wildman–Crippen MR) is 151 cm³/mol. The maximum atomic E-state index is 15.1. The molecule has 1 aliphatic heterocycles. The normalized spacial score (nSPS) is 14.6. The molecule has 2 heterocycles. The number of benzene rings is 3. The summed E-state index contributed by atoms with van der Waals surface area (Å²) in [6, 6.07) is 21.5. The van der Waals surface area contributed by atoms with Gasteiger partial charge in [-0.1, -0.05) is 12.1 Å². The van der Waals surface area contributed by atoms with Crippen LogP contribution in [0.5, 0.6) is 11.5 Å². The largest absolute Gasteiger partial charge is 0.506 e. The Bertz CT molecular complexity index is 1440. The summed E-state index contributed by atoms with van der Waals surface area (Å²) in [5.41, 5.74) is 4.34. The van der Waals surface area contributed by atoms with E-state index in [0.717, 1.165) is 37.6 Å². The van der Waals surface area contributed by atoms with Crippen LogP contribution in [0.4, 0.5) is 15.8 Å². The molecule has 4 aromatic rings. The first-order valence-electron chi connectivity index (χ1n) is 12.9. The molecule has 5 rings (SSSR count). The van der Waals surface area contributed by atoms with Gasteiger partial charge in [-0.3, -0.25) is 14.7 Å². The monoisotopic (exact) mass is 526 g/mol. The maximum absolute atomic E-state index is 15.1. The Labute approximate surface area is 227 Å². The topological polar surface area (TPSA) is 77.9 Å². The fourth-order valence-corrected chi connectivity index (χ4v) is 4.90. The van der Waals surface area contributed by atoms with Gasteiger partial charge in [-0.15, -0.1) is 0 Å². The van der Waals surface area contributed by atoms with E-state index in [9.17, 15) is 9.90 Å². The van der Waals surface area contributed by atoms with Crippen molar-refractivity contribution >= 4 is 17.3 Å². The van der Waals surface area contributed by atoms with Crippen molar-refractivity contribution in [1.82, 2.24) is 9.88 Å². The lowest BCUT2D eigenvalue weighted by Crippen LogP contribution is -2.47. The van der Waals surface area contributed by atoms with Crippen LogP contribution in [0.15, 0.2) is 85.2 Å². The Balaban J connectivity index is 1.17. The molecule has 1 amide bonds. The third kappa shape index (κ3) is 6.02. The van der Waals surface area contributed by atoms with Crippen LogP contribution in [-0.2, 0) is 0 Å². The average Bonchev–Trinajstić information content (AvgIpc) is 2.97. The van der Waals surface area contributed by atoms with Crippen LogP contribution < -0.4 is 15.0 Å². The molecule has 0 radical (unpaired) electrons. The van der Waals surface area contributed by atoms with E-state index in [0.29, 0.717) is 27.9 Å². The van der Waals surface area contributed by atoms with Crippen molar-refractivity contribution in [2.45, 2.75) is 13.0 Å². The highest BCUT2D eigenvalue weighted by Crippen LogP contribution is 2.30. The van der Waals surface area contributed by atoms with Crippen molar-refractivity contribution in [3.63, 3.8) is 0 Å². The number of anilines is 2. The van der Waals surface area contributed by atoms with Gasteiger partial charge in [0.1, 0.15) is 17.3 Å². The Hall–Kier alpha value is -4.43. The van der Waals surface area contributed by atoms with Crippen LogP contribution in [0.2, 0.25) is 0 Å². The molecular weight excluding hydrogens is 495 g/mol. The van der Waals surface area contributed by atoms with Gasteiger partial charge in [0.25, 0.3) is 5.91 Å². The zero-order chi connectivity index (χ0) is 27.4. The fourth-order valence-electron chi connectivity index (χ4n) is 4.90. The van der Waals surface area contributed by atoms with Gasteiger partial charge in [-0.2, -0.15) is 0 Å². The molecule has 1 unspecified atom stereocenters. The number of halogens is 1. The number of hydrogen-bond acceptors (Lipinski definition) is 6. The first kappa shape index (κ1) is 26.2. The van der Waals surface area contributed by atoms with E-state index in [1.165, 1.54) is 12.3 Å². The van der Waals surface area contributed by atoms with Crippen LogP contribution in [0.25, 0.3) is 11.1 Å². The number of aromatic nitrogens is 1. The van der Waals surface area contributed by atoms with E-state index in [4.69, 9.17) is 4.74 Å². The highest BCUT2D eigenvalue weighted by Gasteiger charge is 2.24. The third-order valence-corrected chi connectivity index (χ3v) is 7.21. The second-order valence-electron chi connectivity index (χ2n) is 9.60. The van der Waals surface area contributed by atoms with Crippen LogP contribution in [0, 0.1) is 5.82 Å². The number of carbonyl (C=O) groups excluding carboxylic acids is 1. The Morgan fingerprint density at radius 1 is 0.949 bits per heavy atom. The van der Waals surface area contributed by atoms with Crippen LogP contribution in [0.1, 0.15) is 28.9 Å². The number of piperazine rings is 1. The van der Waals surface area contributed by atoms with E-state index < -0.39 is 0 Å². The lowest BCUT2D eigenvalue weighted by molar-refractivity contribution is 0.102. The van der Waals surface area contributed by atoms with Gasteiger partial charge in [-0.05, 0) is 73.2 Å². The number of nitrogens with one attached hydrogen (secondary N) is 1. The summed E-state index contributed by atoms with van der Waals surface area (Å²) in [5.74, 6) is 0.348. The number of ether oxygens (including phenoxy) is 1. The summed E-state index contributed by atoms with van der Waals surface area (Å²) in [5, 5.41) is 12.6. The molecule has 0 spiro atoms. The van der Waals surface area contributed by atoms with E-state index in [-0.39, 0.29) is 23.5 Å². The van der Waals surface area contributed by atoms with Crippen molar-refractivity contribution < 1.29 is 19.0 Å². The first-order valence-corrected chi connectivity index (χ1v) is 12.9. The zero-order valence-corrected chi connectivity index (χ0v) is 22.0. The standard InChI is InChI=1S/C31H31FN4O3/c1-21(29-12-5-23(18-30(29)32)24-17-27(37)20-33-19-24)35-13-15-36(16-14-35)26-8-3-22(4-9-26)31(38)34-25-6-10-28(39-2)11-7-25/h3-12,17-21,37H,13-16H2,1-2H3,(H,34,38). The minimum Gasteiger partial charge on any atom is -0.506 e. The summed E-state index contributed by atoms with van der Waals surface area (Å²) < 4.78 is 20.3. The number of methoxy groups -OCH3 is 1. The molecule has 8 heteroatoms. The predicted octanol–water partition coefficient (Wildman–Crippen LogP) is 5.74. The molecule has 1 atom stereocenters. The fraction of sp³-hybridized carbons (Fsp3) is 0.226. The van der Waals surface area contributed by atoms with Gasteiger partial charge in [0, 0.05) is 66.5 Å². The molecule has 2 N–H and O–H groups in total. The average molecular weight is 527 g/mol. The van der Waals surface area contributed by atoms with E-state index in [1.54, 1.807) is 43.6 Å². The van der Waals surface area contributed by atoms with Gasteiger partial charge in [-0.25, -0.2) is 4.39 Å². The summed E-state index contributed by atoms with van der Waals surface area (Å²) in [6.45, 7) is 5.21. The molecule has 0 aliphatic carbocycles. The molecular formula is C31H31FN4O3. The van der Waals surface area contributed by atoms with Crippen molar-refractivity contribution in [2.24, 2.45) is 0 Å². The van der Waals surface area contributed by atoms with Gasteiger partial charge in [0.15, 0.2) is 0 Å². The number of aromatic hydroxyl groups is 1. The van der Waals surface area contributed by atoms with E-state index in [2.05, 4.69) is 20.1 Å². The highest BCUT2D eigenvalue weighted by atomic mass is 19.1. The molecule has 7 nitrogen and oxygen atoms in total. The summed E-state index contributed by atoms with van der Waals surface area (Å²) in [4.78, 5) is 21.2. The highest BCUT2D eigenvalue weighted by molar-refractivity contribution is 6.04. The lowest BCUT2D eigenvalue weighted by atomic mass is 10.00. The molecule has 1 aliphatic rings. The van der Waals surface area contributed by atoms with E-state index in [1.807, 2.05) is 43.3 Å². The molecule has 1 fully saturated rings. The molecule has 3 aromatic carbocycles. The van der Waals surface area contributed by atoms with Crippen molar-refractivity contribution in [1.29, 1.82) is 0 Å². The number of carbonyl (C=O) groups is 1. The first-order chi connectivity index (χ1) is 18.9. The van der Waals surface area contributed by atoms with Crippen LogP contribution in [-0.4, -0.2) is 54.2 Å². The third-order valence-electron chi connectivity index (χ3n) is 7.21. The number of rotatable bonds is 7. The molecule has 1 aromatic heterocycles. The number of amides is 1. The molecule has 0 bridgehead atoms. The number of pyridine rings is 1. The summed E-state index contributed by atoms with van der Waals surface area (Å²) in [7, 11) is 1.60. The van der Waals surface area contributed by atoms with Crippen molar-refractivity contribution in [3.8, 4) is 22.6 Å². The second kappa shape index (κ2) is 11.5. The molecule has 39 heavy (non-hydrogen) atoms. The summed E-state index contributed by atoms with van der Waals surface area (Å²) >= 11 is 0. The van der Waals surface area contributed by atoms with Gasteiger partial charge in [0.2, 0.25) is 0 Å². The van der Waals surface area contributed by atoms with Crippen molar-refractivity contribution in [2.75, 3.05) is 43.5 Å². The van der Waals surface area contributed by atoms with Gasteiger partial charge in [0.05, 0.1) is 13.3 Å². The zero-order valence-electron chi connectivity index (χ0n) is 22.0. The quantitative estimate of drug-likeness (QED) is 0.320. The minimum atomic E-state index is -0.269. The summed E-state index contributed by atoms with van der Waals surface area (Å²) in [6.07, 6.45) is 2.96. The molecule has 0 saturated carbocycles. The van der Waals surface area contributed by atoms with Gasteiger partial charge >= 0.3 is 0 Å². The number of hydrogen-bond donors (Lipinski definition) is 2. The van der Waals surface area contributed by atoms with Crippen LogP contribution >= 0.6 is 0 Å². The Kier molecular flexibility index (Phi) is 7.74. The molecule has 1 saturated heterocycles.